The summed E-state index contributed by atoms with van der Waals surface area (Å²) in [7, 11) is 0. The second-order valence-electron chi connectivity index (χ2n) is 3.78. The van der Waals surface area contributed by atoms with E-state index in [1.807, 2.05) is 18.4 Å². The van der Waals surface area contributed by atoms with E-state index >= 15 is 0 Å². The van der Waals surface area contributed by atoms with Crippen LogP contribution in [-0.4, -0.2) is 9.13 Å². The van der Waals surface area contributed by atoms with Gasteiger partial charge in [-0.15, -0.1) is 11.3 Å². The smallest absolute Gasteiger partial charge is 0.331 e. The third-order valence-electron chi connectivity index (χ3n) is 2.54. The first-order chi connectivity index (χ1) is 8.52. The molecule has 0 aliphatic rings. The number of rotatable bonds is 3. The van der Waals surface area contributed by atoms with Crippen molar-refractivity contribution in [1.82, 2.24) is 9.13 Å². The molecule has 2 heterocycles. The van der Waals surface area contributed by atoms with Crippen LogP contribution in [0.4, 0.5) is 5.69 Å². The average Bonchev–Trinajstić information content (AvgIpc) is 2.75. The van der Waals surface area contributed by atoms with E-state index in [-0.39, 0.29) is 17.9 Å². The second-order valence-corrected chi connectivity index (χ2v) is 5.69. The fourth-order valence-corrected chi connectivity index (χ4v) is 3.07. The Morgan fingerprint density at radius 2 is 2.17 bits per heavy atom. The molecule has 0 saturated heterocycles. The zero-order valence-corrected chi connectivity index (χ0v) is 12.1. The van der Waals surface area contributed by atoms with Crippen LogP contribution in [0.1, 0.15) is 11.8 Å². The third kappa shape index (κ3) is 2.41. The van der Waals surface area contributed by atoms with Gasteiger partial charge in [-0.3, -0.25) is 13.9 Å². The lowest BCUT2D eigenvalue weighted by Gasteiger charge is -2.08. The summed E-state index contributed by atoms with van der Waals surface area (Å²) in [4.78, 5) is 24.9. The van der Waals surface area contributed by atoms with E-state index in [1.54, 1.807) is 0 Å². The number of anilines is 1. The van der Waals surface area contributed by atoms with Crippen LogP contribution in [0.15, 0.2) is 31.7 Å². The van der Waals surface area contributed by atoms with E-state index in [0.717, 1.165) is 13.9 Å². The number of nitrogen functional groups attached to an aromatic ring is 1. The summed E-state index contributed by atoms with van der Waals surface area (Å²) in [6, 6.07) is 1.88. The Hall–Kier alpha value is -1.34. The molecule has 0 aromatic carbocycles. The van der Waals surface area contributed by atoms with E-state index in [0.29, 0.717) is 6.54 Å². The van der Waals surface area contributed by atoms with Crippen molar-refractivity contribution in [1.29, 1.82) is 0 Å². The van der Waals surface area contributed by atoms with Crippen molar-refractivity contribution < 1.29 is 0 Å². The molecule has 0 radical (unpaired) electrons. The molecule has 0 fully saturated rings. The van der Waals surface area contributed by atoms with Gasteiger partial charge in [-0.05, 0) is 28.9 Å². The highest BCUT2D eigenvalue weighted by Gasteiger charge is 2.10. The van der Waals surface area contributed by atoms with E-state index in [4.69, 9.17) is 5.73 Å². The van der Waals surface area contributed by atoms with E-state index in [2.05, 4.69) is 15.9 Å². The van der Waals surface area contributed by atoms with Crippen molar-refractivity contribution >= 4 is 33.0 Å². The maximum Gasteiger partial charge on any atom is 0.331 e. The Morgan fingerprint density at radius 1 is 1.44 bits per heavy atom. The number of halogens is 1. The minimum atomic E-state index is -0.436. The van der Waals surface area contributed by atoms with Crippen LogP contribution in [-0.2, 0) is 13.1 Å². The van der Waals surface area contributed by atoms with Gasteiger partial charge in [-0.1, -0.05) is 0 Å². The highest BCUT2D eigenvalue weighted by atomic mass is 79.9. The van der Waals surface area contributed by atoms with Crippen LogP contribution < -0.4 is 17.0 Å². The molecule has 18 heavy (non-hydrogen) atoms. The standard InChI is InChI=1S/C11H12BrN3O2S/c1-2-14-5-9(13)10(16)15(11(14)17)4-8-3-7(12)6-18-8/h3,5-6H,2,4,13H2,1H3. The zero-order chi connectivity index (χ0) is 13.3. The minimum absolute atomic E-state index is 0.0899. The van der Waals surface area contributed by atoms with Crippen LogP contribution in [0.3, 0.4) is 0 Å². The zero-order valence-electron chi connectivity index (χ0n) is 9.72. The largest absolute Gasteiger partial charge is 0.393 e. The molecule has 7 heteroatoms. The normalized spacial score (nSPS) is 10.8. The Labute approximate surface area is 116 Å². The quantitative estimate of drug-likeness (QED) is 0.927. The lowest BCUT2D eigenvalue weighted by atomic mass is 10.4. The van der Waals surface area contributed by atoms with Crippen molar-refractivity contribution in [2.24, 2.45) is 0 Å². The summed E-state index contributed by atoms with van der Waals surface area (Å²) >= 11 is 4.83. The number of thiophene rings is 1. The summed E-state index contributed by atoms with van der Waals surface area (Å²) in [5.74, 6) is 0. The fraction of sp³-hybridized carbons (Fsp3) is 0.273. The van der Waals surface area contributed by atoms with Crippen LogP contribution >= 0.6 is 27.3 Å². The van der Waals surface area contributed by atoms with Crippen molar-refractivity contribution in [3.05, 3.63) is 47.8 Å². The van der Waals surface area contributed by atoms with Gasteiger partial charge >= 0.3 is 5.69 Å². The van der Waals surface area contributed by atoms with Crippen molar-refractivity contribution in [2.75, 3.05) is 5.73 Å². The van der Waals surface area contributed by atoms with Gasteiger partial charge in [-0.25, -0.2) is 4.79 Å². The Balaban J connectivity index is 2.53. The maximum absolute atomic E-state index is 12.0. The van der Waals surface area contributed by atoms with Crippen molar-refractivity contribution in [3.63, 3.8) is 0 Å². The molecule has 0 aliphatic carbocycles. The van der Waals surface area contributed by atoms with Crippen LogP contribution in [0.2, 0.25) is 0 Å². The van der Waals surface area contributed by atoms with Gasteiger partial charge in [0.05, 0.1) is 6.54 Å². The average molecular weight is 330 g/mol. The van der Waals surface area contributed by atoms with Gasteiger partial charge in [0, 0.05) is 27.5 Å². The molecule has 2 aromatic rings. The summed E-state index contributed by atoms with van der Waals surface area (Å²) in [5.41, 5.74) is 4.95. The fourth-order valence-electron chi connectivity index (χ4n) is 1.63. The second kappa shape index (κ2) is 5.11. The minimum Gasteiger partial charge on any atom is -0.393 e. The Morgan fingerprint density at radius 3 is 2.72 bits per heavy atom. The van der Waals surface area contributed by atoms with Gasteiger partial charge in [0.25, 0.3) is 5.56 Å². The summed E-state index contributed by atoms with van der Waals surface area (Å²) < 4.78 is 3.53. The molecular formula is C11H12BrN3O2S. The molecule has 5 nitrogen and oxygen atoms in total. The Kier molecular flexibility index (Phi) is 3.72. The molecule has 0 saturated carbocycles. The van der Waals surface area contributed by atoms with Crippen molar-refractivity contribution in [3.8, 4) is 0 Å². The predicted molar refractivity (Wildman–Crippen MR) is 76.2 cm³/mol. The van der Waals surface area contributed by atoms with E-state index in [9.17, 15) is 9.59 Å². The molecule has 0 aliphatic heterocycles. The molecule has 2 N–H and O–H groups in total. The molecule has 0 spiro atoms. The first-order valence-corrected chi connectivity index (χ1v) is 7.03. The summed E-state index contributed by atoms with van der Waals surface area (Å²) in [5, 5.41) is 1.91. The molecule has 2 aromatic heterocycles. The van der Waals surface area contributed by atoms with Gasteiger partial charge in [0.15, 0.2) is 0 Å². The first-order valence-electron chi connectivity index (χ1n) is 5.35. The van der Waals surface area contributed by atoms with Gasteiger partial charge in [0.1, 0.15) is 5.69 Å². The lowest BCUT2D eigenvalue weighted by Crippen LogP contribution is -2.40. The number of nitrogens with two attached hydrogens (primary N) is 1. The van der Waals surface area contributed by atoms with Gasteiger partial charge in [-0.2, -0.15) is 0 Å². The van der Waals surface area contributed by atoms with E-state index < -0.39 is 5.56 Å². The SMILES string of the molecule is CCn1cc(N)c(=O)n(Cc2cc(Br)cs2)c1=O. The first kappa shape index (κ1) is 13.1. The predicted octanol–water partition coefficient (Wildman–Crippen LogP) is 1.48. The maximum atomic E-state index is 12.0. The van der Waals surface area contributed by atoms with E-state index in [1.165, 1.54) is 22.1 Å². The lowest BCUT2D eigenvalue weighted by molar-refractivity contribution is 0.606. The van der Waals surface area contributed by atoms with Crippen LogP contribution in [0.5, 0.6) is 0 Å². The van der Waals surface area contributed by atoms with Gasteiger partial charge in [0.2, 0.25) is 0 Å². The van der Waals surface area contributed by atoms with Gasteiger partial charge < -0.3 is 5.73 Å². The van der Waals surface area contributed by atoms with Crippen LogP contribution in [0.25, 0.3) is 0 Å². The third-order valence-corrected chi connectivity index (χ3v) is 4.22. The molecule has 2 rings (SSSR count). The number of aromatic nitrogens is 2. The highest BCUT2D eigenvalue weighted by molar-refractivity contribution is 9.10. The molecular weight excluding hydrogens is 318 g/mol. The number of nitrogens with zero attached hydrogens (tertiary/aromatic N) is 2. The van der Waals surface area contributed by atoms with Crippen molar-refractivity contribution in [2.45, 2.75) is 20.0 Å². The monoisotopic (exact) mass is 329 g/mol. The molecule has 0 atom stereocenters. The number of hydrogen-bond donors (Lipinski definition) is 1. The number of hydrogen-bond acceptors (Lipinski definition) is 4. The Bertz CT molecular complexity index is 686. The summed E-state index contributed by atoms with van der Waals surface area (Å²) in [6.07, 6.45) is 1.39. The number of aryl methyl sites for hydroxylation is 1. The molecule has 96 valence electrons. The molecule has 0 unspecified atom stereocenters. The topological polar surface area (TPSA) is 70.0 Å². The molecule has 0 bridgehead atoms. The summed E-state index contributed by atoms with van der Waals surface area (Å²) in [6.45, 7) is 2.56. The van der Waals surface area contributed by atoms with Crippen LogP contribution in [0, 0.1) is 0 Å². The highest BCUT2D eigenvalue weighted by Crippen LogP contribution is 2.19. The molecule has 0 amide bonds.